The van der Waals surface area contributed by atoms with Crippen LogP contribution in [0.5, 0.6) is 0 Å². The van der Waals surface area contributed by atoms with Crippen molar-refractivity contribution in [2.45, 2.75) is 18.4 Å². The molecule has 0 radical (unpaired) electrons. The Balaban J connectivity index is 1.94. The standard InChI is InChI=1S/C13H16N4O3S2/c1-9-3-5-11(6-4-9)22(19,20)17-12(18)15-7-10-8-21-13(14-2)16-10/h3-6,8H,7H2,1-2H3,(H,14,16)(H2,15,17,18). The molecule has 0 aliphatic rings. The molecular formula is C13H16N4O3S2. The predicted octanol–water partition coefficient (Wildman–Crippen LogP) is 1.68. The molecule has 0 aliphatic heterocycles. The number of amides is 2. The molecule has 118 valence electrons. The van der Waals surface area contributed by atoms with Gasteiger partial charge in [0.05, 0.1) is 17.1 Å². The number of rotatable bonds is 5. The minimum atomic E-state index is -3.87. The summed E-state index contributed by atoms with van der Waals surface area (Å²) < 4.78 is 26.0. The van der Waals surface area contributed by atoms with Gasteiger partial charge < -0.3 is 10.6 Å². The summed E-state index contributed by atoms with van der Waals surface area (Å²) in [5, 5.41) is 7.85. The SMILES string of the molecule is CNc1nc(CNC(=O)NS(=O)(=O)c2ccc(C)cc2)cs1. The molecule has 0 saturated carbocycles. The second kappa shape index (κ2) is 6.75. The largest absolute Gasteiger partial charge is 0.365 e. The van der Waals surface area contributed by atoms with Crippen LogP contribution in [0.3, 0.4) is 0 Å². The van der Waals surface area contributed by atoms with Crippen LogP contribution in [0.1, 0.15) is 11.3 Å². The number of nitrogens with one attached hydrogen (secondary N) is 3. The summed E-state index contributed by atoms with van der Waals surface area (Å²) in [6.45, 7) is 2.00. The van der Waals surface area contributed by atoms with Gasteiger partial charge in [0, 0.05) is 12.4 Å². The van der Waals surface area contributed by atoms with Gasteiger partial charge in [0.2, 0.25) is 0 Å². The zero-order valence-corrected chi connectivity index (χ0v) is 13.7. The molecule has 1 aromatic heterocycles. The molecule has 0 aliphatic carbocycles. The quantitative estimate of drug-likeness (QED) is 0.769. The lowest BCUT2D eigenvalue weighted by molar-refractivity contribution is 0.245. The lowest BCUT2D eigenvalue weighted by atomic mass is 10.2. The van der Waals surface area contributed by atoms with E-state index in [1.807, 2.05) is 11.6 Å². The van der Waals surface area contributed by atoms with Gasteiger partial charge in [-0.25, -0.2) is 22.9 Å². The smallest absolute Gasteiger partial charge is 0.329 e. The van der Waals surface area contributed by atoms with Gasteiger partial charge in [-0.1, -0.05) is 17.7 Å². The summed E-state index contributed by atoms with van der Waals surface area (Å²) in [7, 11) is -2.13. The summed E-state index contributed by atoms with van der Waals surface area (Å²) in [6.07, 6.45) is 0. The first-order valence-corrected chi connectivity index (χ1v) is 8.76. The number of anilines is 1. The van der Waals surface area contributed by atoms with Crippen molar-refractivity contribution in [2.24, 2.45) is 0 Å². The molecule has 1 heterocycles. The zero-order valence-electron chi connectivity index (χ0n) is 12.1. The Labute approximate surface area is 132 Å². The van der Waals surface area contributed by atoms with E-state index in [0.717, 1.165) is 10.7 Å². The van der Waals surface area contributed by atoms with Crippen LogP contribution in [-0.4, -0.2) is 26.5 Å². The van der Waals surface area contributed by atoms with E-state index in [1.165, 1.54) is 23.5 Å². The third-order valence-corrected chi connectivity index (χ3v) is 5.01. The number of carbonyl (C=O) groups excluding carboxylic acids is 1. The van der Waals surface area contributed by atoms with E-state index in [1.54, 1.807) is 24.6 Å². The summed E-state index contributed by atoms with van der Waals surface area (Å²) in [4.78, 5) is 15.9. The van der Waals surface area contributed by atoms with Crippen LogP contribution in [-0.2, 0) is 16.6 Å². The van der Waals surface area contributed by atoms with Gasteiger partial charge in [-0.2, -0.15) is 0 Å². The maximum absolute atomic E-state index is 12.0. The topological polar surface area (TPSA) is 100 Å². The van der Waals surface area contributed by atoms with Crippen molar-refractivity contribution < 1.29 is 13.2 Å². The second-order valence-electron chi connectivity index (χ2n) is 4.50. The van der Waals surface area contributed by atoms with E-state index >= 15 is 0 Å². The average Bonchev–Trinajstić information content (AvgIpc) is 2.93. The Bertz CT molecular complexity index is 754. The molecule has 0 unspecified atom stereocenters. The molecule has 0 atom stereocenters. The second-order valence-corrected chi connectivity index (χ2v) is 7.04. The molecule has 0 fully saturated rings. The van der Waals surface area contributed by atoms with E-state index in [2.05, 4.69) is 15.6 Å². The fourth-order valence-electron chi connectivity index (χ4n) is 1.61. The van der Waals surface area contributed by atoms with Crippen LogP contribution >= 0.6 is 11.3 Å². The van der Waals surface area contributed by atoms with Crippen molar-refractivity contribution in [3.8, 4) is 0 Å². The number of hydrogen-bond donors (Lipinski definition) is 3. The Morgan fingerprint density at radius 1 is 1.27 bits per heavy atom. The third kappa shape index (κ3) is 4.18. The zero-order chi connectivity index (χ0) is 16.2. The first kappa shape index (κ1) is 16.2. The number of thiazole rings is 1. The molecule has 0 bridgehead atoms. The molecule has 0 saturated heterocycles. The lowest BCUT2D eigenvalue weighted by Crippen LogP contribution is -2.39. The lowest BCUT2D eigenvalue weighted by Gasteiger charge is -2.08. The van der Waals surface area contributed by atoms with Gasteiger partial charge in [0.25, 0.3) is 10.0 Å². The monoisotopic (exact) mass is 340 g/mol. The summed E-state index contributed by atoms with van der Waals surface area (Å²) >= 11 is 1.40. The van der Waals surface area contributed by atoms with Crippen LogP contribution in [0.15, 0.2) is 34.5 Å². The molecule has 7 nitrogen and oxygen atoms in total. The molecule has 9 heteroatoms. The predicted molar refractivity (Wildman–Crippen MR) is 85.4 cm³/mol. The maximum atomic E-state index is 12.0. The van der Waals surface area contributed by atoms with Gasteiger partial charge in [0.15, 0.2) is 5.13 Å². The highest BCUT2D eigenvalue weighted by atomic mass is 32.2. The molecule has 2 aromatic rings. The number of aromatic nitrogens is 1. The van der Waals surface area contributed by atoms with E-state index in [4.69, 9.17) is 0 Å². The first-order valence-electron chi connectivity index (χ1n) is 6.40. The minimum Gasteiger partial charge on any atom is -0.365 e. The van der Waals surface area contributed by atoms with Crippen molar-refractivity contribution in [3.63, 3.8) is 0 Å². The number of urea groups is 1. The van der Waals surface area contributed by atoms with Crippen molar-refractivity contribution in [2.75, 3.05) is 12.4 Å². The highest BCUT2D eigenvalue weighted by Gasteiger charge is 2.17. The molecule has 0 spiro atoms. The number of aryl methyl sites for hydroxylation is 1. The number of benzene rings is 1. The fourth-order valence-corrected chi connectivity index (χ4v) is 3.21. The first-order chi connectivity index (χ1) is 10.4. The van der Waals surface area contributed by atoms with Crippen molar-refractivity contribution in [1.82, 2.24) is 15.0 Å². The molecular weight excluding hydrogens is 324 g/mol. The number of nitrogens with zero attached hydrogens (tertiary/aromatic N) is 1. The Morgan fingerprint density at radius 2 is 1.95 bits per heavy atom. The molecule has 2 rings (SSSR count). The Hall–Kier alpha value is -2.13. The van der Waals surface area contributed by atoms with Gasteiger partial charge in [-0.15, -0.1) is 11.3 Å². The van der Waals surface area contributed by atoms with Crippen LogP contribution in [0.4, 0.5) is 9.93 Å². The molecule has 3 N–H and O–H groups in total. The summed E-state index contributed by atoms with van der Waals surface area (Å²) in [5.74, 6) is 0. The van der Waals surface area contributed by atoms with Crippen LogP contribution < -0.4 is 15.4 Å². The number of hydrogen-bond acceptors (Lipinski definition) is 6. The van der Waals surface area contributed by atoms with Crippen LogP contribution in [0, 0.1) is 6.92 Å². The summed E-state index contributed by atoms with van der Waals surface area (Å²) in [5.41, 5.74) is 1.59. The minimum absolute atomic E-state index is 0.0411. The van der Waals surface area contributed by atoms with Crippen molar-refractivity contribution in [3.05, 3.63) is 40.9 Å². The van der Waals surface area contributed by atoms with Gasteiger partial charge in [-0.05, 0) is 19.1 Å². The number of sulfonamides is 1. The van der Waals surface area contributed by atoms with E-state index in [0.29, 0.717) is 5.69 Å². The van der Waals surface area contributed by atoms with E-state index in [-0.39, 0.29) is 11.4 Å². The van der Waals surface area contributed by atoms with E-state index in [9.17, 15) is 13.2 Å². The molecule has 22 heavy (non-hydrogen) atoms. The summed E-state index contributed by atoms with van der Waals surface area (Å²) in [6, 6.07) is 5.44. The highest BCUT2D eigenvalue weighted by molar-refractivity contribution is 7.90. The van der Waals surface area contributed by atoms with Gasteiger partial charge in [-0.3, -0.25) is 0 Å². The van der Waals surface area contributed by atoms with Gasteiger partial charge in [0.1, 0.15) is 0 Å². The highest BCUT2D eigenvalue weighted by Crippen LogP contribution is 2.14. The van der Waals surface area contributed by atoms with Crippen molar-refractivity contribution >= 4 is 32.5 Å². The maximum Gasteiger partial charge on any atom is 0.329 e. The Morgan fingerprint density at radius 3 is 2.55 bits per heavy atom. The Kier molecular flexibility index (Phi) is 4.99. The molecule has 2 amide bonds. The normalized spacial score (nSPS) is 11.0. The average molecular weight is 340 g/mol. The number of carbonyl (C=O) groups is 1. The van der Waals surface area contributed by atoms with Crippen LogP contribution in [0.2, 0.25) is 0 Å². The van der Waals surface area contributed by atoms with Crippen molar-refractivity contribution in [1.29, 1.82) is 0 Å². The fraction of sp³-hybridized carbons (Fsp3) is 0.231. The van der Waals surface area contributed by atoms with E-state index < -0.39 is 16.1 Å². The third-order valence-electron chi connectivity index (χ3n) is 2.75. The van der Waals surface area contributed by atoms with Crippen LogP contribution in [0.25, 0.3) is 0 Å². The van der Waals surface area contributed by atoms with Gasteiger partial charge >= 0.3 is 6.03 Å². The molecule has 1 aromatic carbocycles.